The number of benzene rings is 5. The molecule has 5 N–H and O–H groups in total. The highest BCUT2D eigenvalue weighted by atomic mass is 16.6. The zero-order valence-electron chi connectivity index (χ0n) is 34.0. The number of imide groups is 1. The van der Waals surface area contributed by atoms with Crippen LogP contribution in [-0.2, 0) is 35.9 Å². The molecule has 3 aliphatic heterocycles. The molecule has 2 fully saturated rings. The predicted molar refractivity (Wildman–Crippen MR) is 231 cm³/mol. The number of nitrogens with zero attached hydrogens (tertiary/aromatic N) is 3. The number of nitrogens with two attached hydrogens (primary N) is 1. The molecule has 5 aromatic carbocycles. The summed E-state index contributed by atoms with van der Waals surface area (Å²) in [6.45, 7) is 3.19. The summed E-state index contributed by atoms with van der Waals surface area (Å²) in [4.78, 5) is 85.6. The number of phenols is 1. The van der Waals surface area contributed by atoms with Crippen LogP contribution in [0.4, 0.5) is 21.0 Å². The van der Waals surface area contributed by atoms with Crippen molar-refractivity contribution in [2.24, 2.45) is 11.7 Å². The molecule has 5 aromatic rings. The number of fused-ring (bicyclic) bond motifs is 3. The van der Waals surface area contributed by atoms with Gasteiger partial charge in [0.25, 0.3) is 5.69 Å². The van der Waals surface area contributed by atoms with Gasteiger partial charge < -0.3 is 30.9 Å². The van der Waals surface area contributed by atoms with Crippen molar-refractivity contribution in [2.75, 3.05) is 18.0 Å². The van der Waals surface area contributed by atoms with E-state index in [-0.39, 0.29) is 42.4 Å². The molecule has 6 atom stereocenters. The number of hydrogen-bond acceptors (Lipinski definition) is 11. The number of aromatic hydroxyl groups is 1. The third-order valence-corrected chi connectivity index (χ3v) is 11.6. The Balaban J connectivity index is 1.39. The van der Waals surface area contributed by atoms with Crippen molar-refractivity contribution in [2.45, 2.75) is 36.3 Å². The lowest BCUT2D eigenvalue weighted by Gasteiger charge is -2.46. The Kier molecular flexibility index (Phi) is 11.7. The molecular weight excluding hydrogens is 821 g/mol. The van der Waals surface area contributed by atoms with Crippen LogP contribution in [0, 0.1) is 27.9 Å². The third kappa shape index (κ3) is 7.54. The van der Waals surface area contributed by atoms with E-state index in [1.165, 1.54) is 48.5 Å². The minimum Gasteiger partial charge on any atom is -0.508 e. The second-order valence-electron chi connectivity index (χ2n) is 15.3. The summed E-state index contributed by atoms with van der Waals surface area (Å²) in [5.74, 6) is 1.67. The van der Waals surface area contributed by atoms with E-state index < -0.39 is 70.4 Å². The van der Waals surface area contributed by atoms with E-state index in [0.717, 1.165) is 4.90 Å². The number of nitrogens with one attached hydrogen (secondary N) is 2. The maximum Gasteiger partial charge on any atom is 0.421 e. The van der Waals surface area contributed by atoms with Gasteiger partial charge in [0.1, 0.15) is 29.9 Å². The number of phenolic OH excluding ortho intramolecular Hbond substituents is 1. The predicted octanol–water partition coefficient (Wildman–Crippen LogP) is 5.62. The number of non-ortho nitro benzene ring substituents is 1. The number of urea groups is 1. The van der Waals surface area contributed by atoms with Gasteiger partial charge in [-0.2, -0.15) is 0 Å². The summed E-state index contributed by atoms with van der Waals surface area (Å²) in [6, 6.07) is 30.0. The number of amides is 5. The van der Waals surface area contributed by atoms with Gasteiger partial charge >= 0.3 is 18.1 Å². The zero-order chi connectivity index (χ0) is 45.1. The van der Waals surface area contributed by atoms with Crippen LogP contribution in [0.15, 0.2) is 140 Å². The van der Waals surface area contributed by atoms with E-state index in [1.807, 2.05) is 65.6 Å². The smallest absolute Gasteiger partial charge is 0.421 e. The van der Waals surface area contributed by atoms with Gasteiger partial charge in [0, 0.05) is 24.2 Å². The average Bonchev–Trinajstić information content (AvgIpc) is 3.76. The normalized spacial score (nSPS) is 22.0. The fraction of sp³-hybridized carbons (Fsp3) is 0.188. The number of nitro groups is 1. The van der Waals surface area contributed by atoms with Crippen molar-refractivity contribution >= 4 is 41.3 Å². The van der Waals surface area contributed by atoms with E-state index in [2.05, 4.69) is 29.1 Å². The van der Waals surface area contributed by atoms with Crippen molar-refractivity contribution < 1.29 is 43.5 Å². The number of ether oxygens (including phenoxy) is 2. The van der Waals surface area contributed by atoms with Gasteiger partial charge in [-0.25, -0.2) is 14.5 Å². The molecule has 0 radical (unpaired) electrons. The Bertz CT molecular complexity index is 2720. The molecule has 0 saturated carbocycles. The highest BCUT2D eigenvalue weighted by Gasteiger charge is 2.75. The van der Waals surface area contributed by atoms with E-state index in [4.69, 9.17) is 15.2 Å². The topological polar surface area (TPSA) is 224 Å². The highest BCUT2D eigenvalue weighted by molar-refractivity contribution is 6.23. The maximum absolute atomic E-state index is 16.1. The number of cyclic esters (lactones) is 1. The van der Waals surface area contributed by atoms with Crippen molar-refractivity contribution in [1.29, 1.82) is 0 Å². The van der Waals surface area contributed by atoms with Crippen molar-refractivity contribution in [1.82, 2.24) is 15.5 Å². The number of rotatable bonds is 10. The summed E-state index contributed by atoms with van der Waals surface area (Å²) in [5, 5.41) is 27.1. The maximum atomic E-state index is 16.1. The molecule has 16 nitrogen and oxygen atoms in total. The molecule has 6 unspecified atom stereocenters. The summed E-state index contributed by atoms with van der Waals surface area (Å²) >= 11 is 0. The minimum absolute atomic E-state index is 0.0360. The zero-order valence-corrected chi connectivity index (χ0v) is 34.0. The van der Waals surface area contributed by atoms with Gasteiger partial charge in [0.2, 0.25) is 11.8 Å². The Labute approximate surface area is 366 Å². The number of nitro benzene ring substituents is 1. The van der Waals surface area contributed by atoms with Crippen LogP contribution in [0.3, 0.4) is 0 Å². The SMILES string of the molecule is C=CCNC(=O)C1C2C(=O)OC(c3ccccc3)C(c3ccccc3)N2C(c2ccc(O)cc2)C12C(=O)N(C(=O)OCc1ccc([N+](=O)[O-])cc1)c1ccc(C#CCNC(N)=O)cc12. The van der Waals surface area contributed by atoms with Crippen molar-refractivity contribution in [3.05, 3.63) is 184 Å². The molecule has 3 aliphatic rings. The Hall–Kier alpha value is -8.29. The van der Waals surface area contributed by atoms with E-state index in [1.54, 1.807) is 24.3 Å². The monoisotopic (exact) mass is 860 g/mol. The molecule has 0 aromatic heterocycles. The number of primary amides is 1. The van der Waals surface area contributed by atoms with Crippen molar-refractivity contribution in [3.63, 3.8) is 0 Å². The molecule has 0 aliphatic carbocycles. The second-order valence-corrected chi connectivity index (χ2v) is 15.3. The molecular formula is C48H40N6O10. The van der Waals surface area contributed by atoms with Crippen LogP contribution in [-0.4, -0.2) is 64.0 Å². The third-order valence-electron chi connectivity index (χ3n) is 11.6. The summed E-state index contributed by atoms with van der Waals surface area (Å²) in [5.41, 5.74) is 5.58. The highest BCUT2D eigenvalue weighted by Crippen LogP contribution is 2.66. The first-order chi connectivity index (χ1) is 30.9. The lowest BCUT2D eigenvalue weighted by Crippen LogP contribution is -2.55. The van der Waals surface area contributed by atoms with Gasteiger partial charge in [-0.1, -0.05) is 90.7 Å². The first-order valence-corrected chi connectivity index (χ1v) is 20.1. The van der Waals surface area contributed by atoms with E-state index >= 15 is 14.4 Å². The van der Waals surface area contributed by atoms with Crippen LogP contribution in [0.2, 0.25) is 0 Å². The van der Waals surface area contributed by atoms with Crippen molar-refractivity contribution in [3.8, 4) is 17.6 Å². The van der Waals surface area contributed by atoms with Crippen LogP contribution >= 0.6 is 0 Å². The average molecular weight is 861 g/mol. The van der Waals surface area contributed by atoms with Crippen LogP contribution in [0.1, 0.15) is 51.6 Å². The van der Waals surface area contributed by atoms with Crippen LogP contribution in [0.5, 0.6) is 5.75 Å². The number of esters is 1. The Morgan fingerprint density at radius 3 is 2.20 bits per heavy atom. The van der Waals surface area contributed by atoms with Gasteiger partial charge in [-0.05, 0) is 70.3 Å². The Morgan fingerprint density at radius 1 is 0.891 bits per heavy atom. The number of morpholine rings is 1. The Morgan fingerprint density at radius 2 is 1.56 bits per heavy atom. The summed E-state index contributed by atoms with van der Waals surface area (Å²) in [6.07, 6.45) is -0.644. The number of carbonyl (C=O) groups excluding carboxylic acids is 5. The minimum atomic E-state index is -2.13. The van der Waals surface area contributed by atoms with Gasteiger partial charge in [0.05, 0.1) is 35.2 Å². The summed E-state index contributed by atoms with van der Waals surface area (Å²) in [7, 11) is 0. The number of carbonyl (C=O) groups is 5. The van der Waals surface area contributed by atoms with E-state index in [9.17, 15) is 24.8 Å². The quantitative estimate of drug-likeness (QED) is 0.0443. The molecule has 5 amide bonds. The molecule has 8 rings (SSSR count). The van der Waals surface area contributed by atoms with Crippen LogP contribution in [0.25, 0.3) is 0 Å². The molecule has 16 heteroatoms. The van der Waals surface area contributed by atoms with Gasteiger partial charge in [-0.3, -0.25) is 29.4 Å². The molecule has 64 heavy (non-hydrogen) atoms. The molecule has 1 spiro atoms. The van der Waals surface area contributed by atoms with Gasteiger partial charge in [-0.15, -0.1) is 6.58 Å². The standard InChI is InChI=1S/C48H40N6O10/c1-2-25-50-43(56)38-40-44(57)64-41(32-13-7-4-8-14-32)39(31-11-5-3-6-12-31)53(40)42(33-18-22-35(55)23-19-33)48(38)36-27-29(10-9-26-51-46(49)59)17-24-37(36)52(45(48)58)47(60)63-28-30-15-20-34(21-16-30)54(61)62/h2-8,11-24,27,38-42,55H,1,25-26,28H2,(H,50,56)(H3,49,51,59). The molecule has 3 heterocycles. The lowest BCUT2D eigenvalue weighted by molar-refractivity contribution is -0.384. The lowest BCUT2D eigenvalue weighted by atomic mass is 9.65. The molecule has 322 valence electrons. The first kappa shape index (κ1) is 42.4. The van der Waals surface area contributed by atoms with Gasteiger partial charge in [0.15, 0.2) is 0 Å². The molecule has 2 saturated heterocycles. The fourth-order valence-electron chi connectivity index (χ4n) is 9.11. The number of hydrogen-bond donors (Lipinski definition) is 4. The largest absolute Gasteiger partial charge is 0.508 e. The van der Waals surface area contributed by atoms with Crippen LogP contribution < -0.4 is 21.3 Å². The number of anilines is 1. The van der Waals surface area contributed by atoms with E-state index in [0.29, 0.717) is 27.8 Å². The first-order valence-electron chi connectivity index (χ1n) is 20.1. The summed E-state index contributed by atoms with van der Waals surface area (Å²) < 4.78 is 12.2. The fourth-order valence-corrected chi connectivity index (χ4v) is 9.11. The second kappa shape index (κ2) is 17.6. The molecule has 0 bridgehead atoms.